The second-order valence-electron chi connectivity index (χ2n) is 5.25. The third-order valence-corrected chi connectivity index (χ3v) is 3.52. The van der Waals surface area contributed by atoms with Gasteiger partial charge < -0.3 is 15.5 Å². The van der Waals surface area contributed by atoms with Crippen LogP contribution in [0.5, 0.6) is 0 Å². The van der Waals surface area contributed by atoms with Crippen molar-refractivity contribution in [3.8, 4) is 0 Å². The van der Waals surface area contributed by atoms with Crippen LogP contribution in [0.4, 0.5) is 0 Å². The van der Waals surface area contributed by atoms with E-state index in [1.807, 2.05) is 42.3 Å². The highest BCUT2D eigenvalue weighted by Crippen LogP contribution is 2.24. The molecular weight excluding hydrogens is 252 g/mol. The molecule has 0 spiro atoms. The minimum absolute atomic E-state index is 0.0269. The average Bonchev–Trinajstić information content (AvgIpc) is 3.29. The van der Waals surface area contributed by atoms with Gasteiger partial charge >= 0.3 is 0 Å². The van der Waals surface area contributed by atoms with Crippen molar-refractivity contribution in [1.82, 2.24) is 9.80 Å². The van der Waals surface area contributed by atoms with Crippen LogP contribution in [0.2, 0.25) is 0 Å². The zero-order chi connectivity index (χ0) is 14.5. The maximum Gasteiger partial charge on any atom is 0.244 e. The van der Waals surface area contributed by atoms with Gasteiger partial charge in [0.05, 0.1) is 0 Å². The highest BCUT2D eigenvalue weighted by atomic mass is 16.2. The first-order chi connectivity index (χ1) is 9.58. The van der Waals surface area contributed by atoms with Crippen molar-refractivity contribution in [2.24, 2.45) is 10.7 Å². The Morgan fingerprint density at radius 3 is 2.55 bits per heavy atom. The van der Waals surface area contributed by atoms with E-state index in [4.69, 9.17) is 5.73 Å². The first-order valence-corrected chi connectivity index (χ1v) is 6.88. The zero-order valence-corrected chi connectivity index (χ0v) is 12.1. The van der Waals surface area contributed by atoms with Crippen LogP contribution >= 0.6 is 0 Å². The highest BCUT2D eigenvalue weighted by Gasteiger charge is 2.27. The molecule has 0 saturated heterocycles. The van der Waals surface area contributed by atoms with E-state index in [2.05, 4.69) is 4.99 Å². The van der Waals surface area contributed by atoms with Gasteiger partial charge in [0.2, 0.25) is 5.91 Å². The first kappa shape index (κ1) is 14.4. The summed E-state index contributed by atoms with van der Waals surface area (Å²) in [6.45, 7) is 0.694. The summed E-state index contributed by atoms with van der Waals surface area (Å²) in [6.07, 6.45) is 2.32. The molecule has 0 aromatic heterocycles. The highest BCUT2D eigenvalue weighted by molar-refractivity contribution is 5.84. The molecule has 1 amide bonds. The van der Waals surface area contributed by atoms with E-state index < -0.39 is 0 Å². The normalized spacial score (nSPS) is 15.0. The standard InChI is InChI=1S/C15H22N4O/c1-18(11-12-6-4-3-5-7-12)14(20)10-17-15(16)19(2)13-8-9-13/h3-7,13H,8-11H2,1-2H3,(H2,16,17). The van der Waals surface area contributed by atoms with Gasteiger partial charge in [-0.25, -0.2) is 4.99 Å². The molecule has 0 bridgehead atoms. The predicted molar refractivity (Wildman–Crippen MR) is 80.2 cm³/mol. The van der Waals surface area contributed by atoms with E-state index >= 15 is 0 Å². The van der Waals surface area contributed by atoms with Gasteiger partial charge in [0.15, 0.2) is 5.96 Å². The smallest absolute Gasteiger partial charge is 0.244 e. The number of carbonyl (C=O) groups is 1. The van der Waals surface area contributed by atoms with Crippen molar-refractivity contribution in [1.29, 1.82) is 0 Å². The number of hydrogen-bond donors (Lipinski definition) is 1. The number of hydrogen-bond acceptors (Lipinski definition) is 2. The Hall–Kier alpha value is -2.04. The molecule has 20 heavy (non-hydrogen) atoms. The topological polar surface area (TPSA) is 61.9 Å². The summed E-state index contributed by atoms with van der Waals surface area (Å²) in [7, 11) is 3.71. The molecule has 1 aromatic carbocycles. The second-order valence-corrected chi connectivity index (χ2v) is 5.25. The number of nitrogens with two attached hydrogens (primary N) is 1. The molecule has 1 aliphatic carbocycles. The third kappa shape index (κ3) is 3.98. The van der Waals surface area contributed by atoms with Crippen LogP contribution in [0.15, 0.2) is 35.3 Å². The largest absolute Gasteiger partial charge is 0.370 e. The maximum atomic E-state index is 12.0. The lowest BCUT2D eigenvalue weighted by molar-refractivity contribution is -0.128. The van der Waals surface area contributed by atoms with Crippen LogP contribution in [0, 0.1) is 0 Å². The summed E-state index contributed by atoms with van der Waals surface area (Å²) in [6, 6.07) is 10.4. The molecule has 1 saturated carbocycles. The van der Waals surface area contributed by atoms with Crippen molar-refractivity contribution in [3.63, 3.8) is 0 Å². The summed E-state index contributed by atoms with van der Waals surface area (Å²) < 4.78 is 0. The Morgan fingerprint density at radius 2 is 1.95 bits per heavy atom. The molecule has 0 atom stereocenters. The number of likely N-dealkylation sites (N-methyl/N-ethyl adjacent to an activating group) is 1. The second kappa shape index (κ2) is 6.41. The molecular formula is C15H22N4O. The summed E-state index contributed by atoms with van der Waals surface area (Å²) in [4.78, 5) is 19.8. The van der Waals surface area contributed by atoms with Gasteiger partial charge in [0.25, 0.3) is 0 Å². The van der Waals surface area contributed by atoms with Crippen LogP contribution in [0.1, 0.15) is 18.4 Å². The van der Waals surface area contributed by atoms with Crippen molar-refractivity contribution in [2.75, 3.05) is 20.6 Å². The molecule has 1 aromatic rings. The fourth-order valence-electron chi connectivity index (χ4n) is 1.98. The fourth-order valence-corrected chi connectivity index (χ4v) is 1.98. The van der Waals surface area contributed by atoms with Gasteiger partial charge in [-0.15, -0.1) is 0 Å². The molecule has 5 nitrogen and oxygen atoms in total. The zero-order valence-electron chi connectivity index (χ0n) is 12.1. The molecule has 1 fully saturated rings. The number of rotatable bonds is 5. The lowest BCUT2D eigenvalue weighted by Crippen LogP contribution is -2.37. The fraction of sp³-hybridized carbons (Fsp3) is 0.467. The van der Waals surface area contributed by atoms with E-state index in [0.29, 0.717) is 18.5 Å². The molecule has 2 rings (SSSR count). The van der Waals surface area contributed by atoms with E-state index in [-0.39, 0.29) is 12.5 Å². The molecule has 0 radical (unpaired) electrons. The van der Waals surface area contributed by atoms with E-state index in [1.54, 1.807) is 11.9 Å². The van der Waals surface area contributed by atoms with Crippen molar-refractivity contribution in [2.45, 2.75) is 25.4 Å². The van der Waals surface area contributed by atoms with Crippen LogP contribution in [-0.4, -0.2) is 48.3 Å². The van der Waals surface area contributed by atoms with Gasteiger partial charge in [-0.05, 0) is 18.4 Å². The minimum Gasteiger partial charge on any atom is -0.370 e. The van der Waals surface area contributed by atoms with E-state index in [0.717, 1.165) is 18.4 Å². The van der Waals surface area contributed by atoms with Crippen LogP contribution in [0.25, 0.3) is 0 Å². The summed E-state index contributed by atoms with van der Waals surface area (Å²) >= 11 is 0. The molecule has 0 unspecified atom stereocenters. The number of carbonyl (C=O) groups excluding carboxylic acids is 1. The average molecular weight is 274 g/mol. The molecule has 2 N–H and O–H groups in total. The van der Waals surface area contributed by atoms with Crippen molar-refractivity contribution in [3.05, 3.63) is 35.9 Å². The monoisotopic (exact) mass is 274 g/mol. The number of amides is 1. The van der Waals surface area contributed by atoms with Gasteiger partial charge in [-0.1, -0.05) is 30.3 Å². The Bertz CT molecular complexity index is 482. The van der Waals surface area contributed by atoms with E-state index in [9.17, 15) is 4.79 Å². The van der Waals surface area contributed by atoms with Crippen LogP contribution in [-0.2, 0) is 11.3 Å². The third-order valence-electron chi connectivity index (χ3n) is 3.52. The van der Waals surface area contributed by atoms with Gasteiger partial charge in [0.1, 0.15) is 6.54 Å². The number of nitrogens with zero attached hydrogens (tertiary/aromatic N) is 3. The van der Waals surface area contributed by atoms with Gasteiger partial charge in [-0.2, -0.15) is 0 Å². The van der Waals surface area contributed by atoms with Crippen molar-refractivity contribution >= 4 is 11.9 Å². The molecule has 0 aliphatic heterocycles. The lowest BCUT2D eigenvalue weighted by atomic mass is 10.2. The summed E-state index contributed by atoms with van der Waals surface area (Å²) in [5, 5.41) is 0. The molecule has 1 aliphatic rings. The summed E-state index contributed by atoms with van der Waals surface area (Å²) in [5.74, 6) is 0.426. The molecule has 0 heterocycles. The Kier molecular flexibility index (Phi) is 4.61. The maximum absolute atomic E-state index is 12.0. The minimum atomic E-state index is -0.0269. The van der Waals surface area contributed by atoms with Crippen LogP contribution < -0.4 is 5.73 Å². The number of guanidine groups is 1. The predicted octanol–water partition coefficient (Wildman–Crippen LogP) is 1.05. The lowest BCUT2D eigenvalue weighted by Gasteiger charge is -2.19. The number of benzene rings is 1. The first-order valence-electron chi connectivity index (χ1n) is 6.88. The Morgan fingerprint density at radius 1 is 1.30 bits per heavy atom. The van der Waals surface area contributed by atoms with Gasteiger partial charge in [-0.3, -0.25) is 4.79 Å². The summed E-state index contributed by atoms with van der Waals surface area (Å²) in [5.41, 5.74) is 6.97. The van der Waals surface area contributed by atoms with Gasteiger partial charge in [0, 0.05) is 26.7 Å². The quantitative estimate of drug-likeness (QED) is 0.645. The van der Waals surface area contributed by atoms with Crippen LogP contribution in [0.3, 0.4) is 0 Å². The van der Waals surface area contributed by atoms with Crippen molar-refractivity contribution < 1.29 is 4.79 Å². The molecule has 5 heteroatoms. The Labute approximate surface area is 120 Å². The SMILES string of the molecule is CN(Cc1ccccc1)C(=O)CN=C(N)N(C)C1CC1. The molecule has 108 valence electrons. The Balaban J connectivity index is 1.83. The van der Waals surface area contributed by atoms with E-state index in [1.165, 1.54) is 0 Å². The number of aliphatic imine (C=N–C) groups is 1.